The third-order valence-corrected chi connectivity index (χ3v) is 6.54. The van der Waals surface area contributed by atoms with Gasteiger partial charge in [-0.25, -0.2) is 4.98 Å². The Kier molecular flexibility index (Phi) is 4.11. The molecule has 1 aromatic heterocycles. The van der Waals surface area contributed by atoms with Crippen molar-refractivity contribution in [2.45, 2.75) is 62.4 Å². The molecular weight excluding hydrogens is 336 g/mol. The molecule has 0 bridgehead atoms. The topological polar surface area (TPSA) is 77.8 Å². The van der Waals surface area contributed by atoms with Gasteiger partial charge in [0.1, 0.15) is 11.9 Å². The minimum Gasteiger partial charge on any atom is -0.364 e. The summed E-state index contributed by atoms with van der Waals surface area (Å²) in [6.45, 7) is 1.84. The quantitative estimate of drug-likeness (QED) is 0.814. The molecule has 3 aliphatic rings. The van der Waals surface area contributed by atoms with E-state index in [4.69, 9.17) is 16.9 Å². The van der Waals surface area contributed by atoms with Crippen LogP contribution in [0.25, 0.3) is 0 Å². The Bertz CT molecular complexity index is 739. The van der Waals surface area contributed by atoms with Gasteiger partial charge in [0, 0.05) is 11.4 Å². The average molecular weight is 359 g/mol. The summed E-state index contributed by atoms with van der Waals surface area (Å²) >= 11 is 6.36. The summed E-state index contributed by atoms with van der Waals surface area (Å²) in [6, 6.07) is 6.06. The second kappa shape index (κ2) is 6.17. The van der Waals surface area contributed by atoms with Gasteiger partial charge < -0.3 is 10.6 Å². The molecule has 1 saturated heterocycles. The molecule has 4 unspecified atom stereocenters. The molecule has 0 spiro atoms. The zero-order chi connectivity index (χ0) is 17.6. The molecule has 4 rings (SSSR count). The number of pyridine rings is 1. The van der Waals surface area contributed by atoms with E-state index in [9.17, 15) is 4.79 Å². The lowest BCUT2D eigenvalue weighted by Gasteiger charge is -2.43. The van der Waals surface area contributed by atoms with Crippen molar-refractivity contribution < 1.29 is 4.79 Å². The van der Waals surface area contributed by atoms with E-state index in [1.807, 2.05) is 13.0 Å². The molecule has 2 heterocycles. The van der Waals surface area contributed by atoms with E-state index in [2.05, 4.69) is 21.7 Å². The highest BCUT2D eigenvalue weighted by atomic mass is 35.5. The van der Waals surface area contributed by atoms with Gasteiger partial charge in [-0.3, -0.25) is 4.79 Å². The van der Waals surface area contributed by atoms with Crippen LogP contribution in [0.5, 0.6) is 0 Å². The van der Waals surface area contributed by atoms with Gasteiger partial charge in [0.25, 0.3) is 0 Å². The zero-order valence-corrected chi connectivity index (χ0v) is 15.1. The number of nitriles is 1. The number of nitrogens with one attached hydrogen (secondary N) is 2. The lowest BCUT2D eigenvalue weighted by atomic mass is 9.73. The lowest BCUT2D eigenvalue weighted by molar-refractivity contribution is -0.130. The Morgan fingerprint density at radius 2 is 2.16 bits per heavy atom. The number of carbonyl (C=O) groups excluding carboxylic acids is 1. The van der Waals surface area contributed by atoms with Crippen molar-refractivity contribution in [3.8, 4) is 6.07 Å². The fourth-order valence-electron chi connectivity index (χ4n) is 4.53. The summed E-state index contributed by atoms with van der Waals surface area (Å²) < 4.78 is 0. The first-order chi connectivity index (χ1) is 12.0. The zero-order valence-electron chi connectivity index (χ0n) is 14.4. The molecule has 1 amide bonds. The SMILES string of the molecule is Cc1nc(NC2(C3CC4CC(Cl)CCC4NC3=O)CC2)ccc1C#N. The normalized spacial score (nSPS) is 32.9. The van der Waals surface area contributed by atoms with Crippen LogP contribution in [0.15, 0.2) is 12.1 Å². The summed E-state index contributed by atoms with van der Waals surface area (Å²) in [6.07, 6.45) is 5.84. The second-order valence-electron chi connectivity index (χ2n) is 7.80. The van der Waals surface area contributed by atoms with E-state index >= 15 is 0 Å². The molecule has 5 nitrogen and oxygen atoms in total. The van der Waals surface area contributed by atoms with Gasteiger partial charge in [-0.05, 0) is 63.5 Å². The van der Waals surface area contributed by atoms with Gasteiger partial charge >= 0.3 is 0 Å². The smallest absolute Gasteiger partial charge is 0.225 e. The maximum Gasteiger partial charge on any atom is 0.225 e. The number of halogens is 1. The Morgan fingerprint density at radius 1 is 1.36 bits per heavy atom. The molecule has 132 valence electrons. The molecule has 1 aliphatic heterocycles. The molecule has 2 saturated carbocycles. The van der Waals surface area contributed by atoms with Crippen molar-refractivity contribution in [2.75, 3.05) is 5.32 Å². The van der Waals surface area contributed by atoms with Crippen LogP contribution < -0.4 is 10.6 Å². The molecule has 1 aromatic rings. The third kappa shape index (κ3) is 3.08. The van der Waals surface area contributed by atoms with Gasteiger partial charge in [-0.15, -0.1) is 11.6 Å². The van der Waals surface area contributed by atoms with Crippen molar-refractivity contribution in [1.82, 2.24) is 10.3 Å². The van der Waals surface area contributed by atoms with Gasteiger partial charge in [0.15, 0.2) is 0 Å². The fourth-order valence-corrected chi connectivity index (χ4v) is 4.88. The fraction of sp³-hybridized carbons (Fsp3) is 0.632. The van der Waals surface area contributed by atoms with Crippen molar-refractivity contribution in [1.29, 1.82) is 5.26 Å². The van der Waals surface area contributed by atoms with Crippen molar-refractivity contribution in [2.24, 2.45) is 11.8 Å². The standard InChI is InChI=1S/C19H23ClN4O/c1-11-12(10-21)2-5-17(22-11)24-19(6-7-19)15-9-13-8-14(20)3-4-16(13)23-18(15)25/h2,5,13-16H,3-4,6-9H2,1H3,(H,22,24)(H,23,25). The number of alkyl halides is 1. The summed E-state index contributed by atoms with van der Waals surface area (Å²) in [7, 11) is 0. The van der Waals surface area contributed by atoms with Gasteiger partial charge in [0.05, 0.1) is 22.7 Å². The number of carbonyl (C=O) groups is 1. The van der Waals surface area contributed by atoms with E-state index in [1.54, 1.807) is 6.07 Å². The molecule has 0 radical (unpaired) electrons. The predicted molar refractivity (Wildman–Crippen MR) is 96.3 cm³/mol. The van der Waals surface area contributed by atoms with Gasteiger partial charge in [-0.1, -0.05) is 0 Å². The highest BCUT2D eigenvalue weighted by Crippen LogP contribution is 2.50. The van der Waals surface area contributed by atoms with Crippen LogP contribution in [-0.4, -0.2) is 27.8 Å². The maximum absolute atomic E-state index is 12.7. The summed E-state index contributed by atoms with van der Waals surface area (Å²) in [5.41, 5.74) is 1.11. The number of anilines is 1. The summed E-state index contributed by atoms with van der Waals surface area (Å²) in [5, 5.41) is 16.1. The monoisotopic (exact) mass is 358 g/mol. The van der Waals surface area contributed by atoms with Crippen molar-refractivity contribution >= 4 is 23.3 Å². The molecule has 2 N–H and O–H groups in total. The number of aromatic nitrogens is 1. The largest absolute Gasteiger partial charge is 0.364 e. The molecule has 3 fully saturated rings. The summed E-state index contributed by atoms with van der Waals surface area (Å²) in [5.74, 6) is 1.37. The highest BCUT2D eigenvalue weighted by Gasteiger charge is 2.56. The first-order valence-electron chi connectivity index (χ1n) is 9.11. The van der Waals surface area contributed by atoms with E-state index < -0.39 is 0 Å². The number of hydrogen-bond donors (Lipinski definition) is 2. The van der Waals surface area contributed by atoms with E-state index in [0.29, 0.717) is 23.2 Å². The summed E-state index contributed by atoms with van der Waals surface area (Å²) in [4.78, 5) is 17.2. The maximum atomic E-state index is 12.7. The average Bonchev–Trinajstić information content (AvgIpc) is 3.35. The molecule has 0 aromatic carbocycles. The third-order valence-electron chi connectivity index (χ3n) is 6.14. The Hall–Kier alpha value is -1.80. The van der Waals surface area contributed by atoms with E-state index in [0.717, 1.165) is 44.3 Å². The van der Waals surface area contributed by atoms with E-state index in [1.165, 1.54) is 0 Å². The number of nitrogens with zero attached hydrogens (tertiary/aromatic N) is 2. The minimum atomic E-state index is -0.193. The van der Waals surface area contributed by atoms with Crippen LogP contribution >= 0.6 is 11.6 Å². The van der Waals surface area contributed by atoms with Gasteiger partial charge in [-0.2, -0.15) is 5.26 Å². The second-order valence-corrected chi connectivity index (χ2v) is 8.41. The molecule has 6 heteroatoms. The van der Waals surface area contributed by atoms with Crippen LogP contribution in [-0.2, 0) is 4.79 Å². The van der Waals surface area contributed by atoms with Crippen LogP contribution in [0.4, 0.5) is 5.82 Å². The molecular formula is C19H23ClN4O. The molecule has 4 atom stereocenters. The van der Waals surface area contributed by atoms with Crippen LogP contribution in [0, 0.1) is 30.1 Å². The van der Waals surface area contributed by atoms with Crippen molar-refractivity contribution in [3.05, 3.63) is 23.4 Å². The Balaban J connectivity index is 1.51. The number of aryl methyl sites for hydroxylation is 1. The van der Waals surface area contributed by atoms with Crippen LogP contribution in [0.3, 0.4) is 0 Å². The number of fused-ring (bicyclic) bond motifs is 1. The Labute approximate surface area is 153 Å². The number of rotatable bonds is 3. The Morgan fingerprint density at radius 3 is 2.84 bits per heavy atom. The van der Waals surface area contributed by atoms with Crippen LogP contribution in [0.1, 0.15) is 49.8 Å². The minimum absolute atomic E-state index is 0.0338. The van der Waals surface area contributed by atoms with Gasteiger partial charge in [0.2, 0.25) is 5.91 Å². The van der Waals surface area contributed by atoms with Crippen LogP contribution in [0.2, 0.25) is 0 Å². The first-order valence-corrected chi connectivity index (χ1v) is 9.55. The highest BCUT2D eigenvalue weighted by molar-refractivity contribution is 6.20. The predicted octanol–water partition coefficient (Wildman–Crippen LogP) is 3.12. The number of hydrogen-bond acceptors (Lipinski definition) is 4. The molecule has 25 heavy (non-hydrogen) atoms. The molecule has 2 aliphatic carbocycles. The number of piperidine rings is 1. The lowest BCUT2D eigenvalue weighted by Crippen LogP contribution is -2.56. The van der Waals surface area contributed by atoms with E-state index in [-0.39, 0.29) is 22.7 Å². The first kappa shape index (κ1) is 16.7. The number of amides is 1. The van der Waals surface area contributed by atoms with Crippen molar-refractivity contribution in [3.63, 3.8) is 0 Å².